The fourth-order valence-electron chi connectivity index (χ4n) is 1.82. The van der Waals surface area contributed by atoms with Gasteiger partial charge in [0.05, 0.1) is 17.1 Å². The lowest BCUT2D eigenvalue weighted by Crippen LogP contribution is -2.46. The number of hydrogen-bond donors (Lipinski definition) is 1. The van der Waals surface area contributed by atoms with Crippen LogP contribution in [0.5, 0.6) is 5.75 Å². The molecule has 1 aromatic rings. The number of nitrogens with zero attached hydrogens (tertiary/aromatic N) is 1. The fourth-order valence-corrected chi connectivity index (χ4v) is 1.82. The van der Waals surface area contributed by atoms with Gasteiger partial charge in [-0.3, -0.25) is 14.9 Å². The molecular formula is C16H22N2O6. The van der Waals surface area contributed by atoms with E-state index in [1.165, 1.54) is 19.1 Å². The van der Waals surface area contributed by atoms with Crippen LogP contribution in [-0.2, 0) is 9.53 Å². The quantitative estimate of drug-likeness (QED) is 0.485. The van der Waals surface area contributed by atoms with Gasteiger partial charge in [-0.2, -0.15) is 0 Å². The van der Waals surface area contributed by atoms with Gasteiger partial charge in [0.15, 0.2) is 11.9 Å². The monoisotopic (exact) mass is 338 g/mol. The van der Waals surface area contributed by atoms with Crippen molar-refractivity contribution in [3.05, 3.63) is 33.9 Å². The van der Waals surface area contributed by atoms with Gasteiger partial charge in [-0.25, -0.2) is 4.79 Å². The van der Waals surface area contributed by atoms with E-state index in [1.54, 1.807) is 27.7 Å². The molecule has 8 nitrogen and oxygen atoms in total. The lowest BCUT2D eigenvalue weighted by molar-refractivity contribution is -0.385. The lowest BCUT2D eigenvalue weighted by atomic mass is 10.1. The van der Waals surface area contributed by atoms with Crippen LogP contribution in [0.3, 0.4) is 0 Å². The molecule has 0 aliphatic carbocycles. The molecule has 0 fully saturated rings. The number of ether oxygens (including phenoxy) is 2. The summed E-state index contributed by atoms with van der Waals surface area (Å²) in [5, 5.41) is 13.8. The van der Waals surface area contributed by atoms with E-state index >= 15 is 0 Å². The van der Waals surface area contributed by atoms with Crippen molar-refractivity contribution in [2.75, 3.05) is 6.61 Å². The van der Waals surface area contributed by atoms with Crippen LogP contribution < -0.4 is 10.1 Å². The Kier molecular flexibility index (Phi) is 6.27. The van der Waals surface area contributed by atoms with E-state index in [-0.39, 0.29) is 23.6 Å². The van der Waals surface area contributed by atoms with Gasteiger partial charge in [-0.05, 0) is 46.8 Å². The summed E-state index contributed by atoms with van der Waals surface area (Å²) >= 11 is 0. The Morgan fingerprint density at radius 2 is 1.96 bits per heavy atom. The molecule has 0 heterocycles. The third-order valence-electron chi connectivity index (χ3n) is 2.84. The number of amides is 1. The molecule has 1 unspecified atom stereocenters. The molecule has 0 aliphatic rings. The maximum Gasteiger partial charge on any atom is 0.339 e. The van der Waals surface area contributed by atoms with E-state index in [1.807, 2.05) is 0 Å². The van der Waals surface area contributed by atoms with Crippen LogP contribution >= 0.6 is 0 Å². The molecule has 0 spiro atoms. The van der Waals surface area contributed by atoms with Gasteiger partial charge >= 0.3 is 11.7 Å². The summed E-state index contributed by atoms with van der Waals surface area (Å²) in [6.07, 6.45) is -1.03. The Balaban J connectivity index is 2.90. The Bertz CT molecular complexity index is 636. The molecule has 0 bridgehead atoms. The highest BCUT2D eigenvalue weighted by Gasteiger charge is 2.25. The van der Waals surface area contributed by atoms with Gasteiger partial charge in [0.25, 0.3) is 5.91 Å². The average molecular weight is 338 g/mol. The van der Waals surface area contributed by atoms with Gasteiger partial charge in [0.1, 0.15) is 0 Å². The van der Waals surface area contributed by atoms with Crippen LogP contribution in [0.4, 0.5) is 5.69 Å². The molecule has 0 aliphatic heterocycles. The second-order valence-electron chi connectivity index (χ2n) is 6.16. The summed E-state index contributed by atoms with van der Waals surface area (Å²) in [5.74, 6) is -1.20. The van der Waals surface area contributed by atoms with E-state index in [4.69, 9.17) is 9.47 Å². The number of rotatable bonds is 6. The van der Waals surface area contributed by atoms with Crippen LogP contribution in [0.15, 0.2) is 18.2 Å². The third kappa shape index (κ3) is 5.53. The van der Waals surface area contributed by atoms with Gasteiger partial charge in [-0.1, -0.05) is 0 Å². The summed E-state index contributed by atoms with van der Waals surface area (Å²) < 4.78 is 10.2. The highest BCUT2D eigenvalue weighted by Crippen LogP contribution is 2.28. The Morgan fingerprint density at radius 3 is 2.46 bits per heavy atom. The predicted octanol–water partition coefficient (Wildman–Crippen LogP) is 2.45. The van der Waals surface area contributed by atoms with Gasteiger partial charge in [0, 0.05) is 11.6 Å². The standard InChI is InChI=1S/C16H22N2O6/c1-6-23-13-8-7-11(9-12(13)18(21)22)15(20)24-10(2)14(19)17-16(3,4)5/h7-10H,6H2,1-5H3,(H,17,19). The van der Waals surface area contributed by atoms with E-state index in [0.717, 1.165) is 6.07 Å². The van der Waals surface area contributed by atoms with Crippen molar-refractivity contribution >= 4 is 17.6 Å². The highest BCUT2D eigenvalue weighted by molar-refractivity contribution is 5.93. The lowest BCUT2D eigenvalue weighted by Gasteiger charge is -2.23. The summed E-state index contributed by atoms with van der Waals surface area (Å²) in [5.41, 5.74) is -0.825. The number of carbonyl (C=O) groups excluding carboxylic acids is 2. The molecular weight excluding hydrogens is 316 g/mol. The van der Waals surface area contributed by atoms with Crippen molar-refractivity contribution in [1.29, 1.82) is 0 Å². The SMILES string of the molecule is CCOc1ccc(C(=O)OC(C)C(=O)NC(C)(C)C)cc1[N+](=O)[O-]. The normalized spacial score (nSPS) is 12.2. The Labute approximate surface area is 140 Å². The molecule has 1 N–H and O–H groups in total. The Hall–Kier alpha value is -2.64. The maximum absolute atomic E-state index is 12.1. The second-order valence-corrected chi connectivity index (χ2v) is 6.16. The minimum atomic E-state index is -1.03. The van der Waals surface area contributed by atoms with Gasteiger partial charge in [0.2, 0.25) is 0 Å². The molecule has 132 valence electrons. The summed E-state index contributed by atoms with van der Waals surface area (Å²) in [7, 11) is 0. The van der Waals surface area contributed by atoms with Crippen molar-refractivity contribution in [3.8, 4) is 5.75 Å². The molecule has 8 heteroatoms. The van der Waals surface area contributed by atoms with Crippen molar-refractivity contribution < 1.29 is 24.0 Å². The van der Waals surface area contributed by atoms with E-state index < -0.39 is 28.4 Å². The number of nitro benzene ring substituents is 1. The molecule has 1 amide bonds. The third-order valence-corrected chi connectivity index (χ3v) is 2.84. The van der Waals surface area contributed by atoms with Crippen LogP contribution in [0.25, 0.3) is 0 Å². The van der Waals surface area contributed by atoms with Crippen LogP contribution in [0.2, 0.25) is 0 Å². The average Bonchev–Trinajstić information content (AvgIpc) is 2.45. The number of carbonyl (C=O) groups is 2. The first-order valence-corrected chi connectivity index (χ1v) is 7.49. The van der Waals surface area contributed by atoms with E-state index in [0.29, 0.717) is 0 Å². The zero-order valence-electron chi connectivity index (χ0n) is 14.4. The summed E-state index contributed by atoms with van der Waals surface area (Å²) in [4.78, 5) is 34.5. The van der Waals surface area contributed by atoms with Gasteiger partial charge < -0.3 is 14.8 Å². The first kappa shape index (κ1) is 19.4. The van der Waals surface area contributed by atoms with Crippen molar-refractivity contribution in [2.45, 2.75) is 46.3 Å². The largest absolute Gasteiger partial charge is 0.487 e. The minimum absolute atomic E-state index is 0.0273. The molecule has 1 atom stereocenters. The second kappa shape index (κ2) is 7.76. The number of nitrogens with one attached hydrogen (secondary N) is 1. The summed E-state index contributed by atoms with van der Waals surface area (Å²) in [6.45, 7) is 8.79. The Morgan fingerprint density at radius 1 is 1.33 bits per heavy atom. The van der Waals surface area contributed by atoms with E-state index in [2.05, 4.69) is 5.32 Å². The molecule has 0 saturated carbocycles. The first-order chi connectivity index (χ1) is 11.0. The summed E-state index contributed by atoms with van der Waals surface area (Å²) in [6, 6.07) is 3.76. The van der Waals surface area contributed by atoms with Crippen molar-refractivity contribution in [3.63, 3.8) is 0 Å². The van der Waals surface area contributed by atoms with Crippen molar-refractivity contribution in [1.82, 2.24) is 5.32 Å². The minimum Gasteiger partial charge on any atom is -0.487 e. The molecule has 1 rings (SSSR count). The molecule has 0 saturated heterocycles. The number of esters is 1. The number of hydrogen-bond acceptors (Lipinski definition) is 6. The van der Waals surface area contributed by atoms with Crippen molar-refractivity contribution in [2.24, 2.45) is 0 Å². The van der Waals surface area contributed by atoms with Gasteiger partial charge in [-0.15, -0.1) is 0 Å². The highest BCUT2D eigenvalue weighted by atomic mass is 16.6. The van der Waals surface area contributed by atoms with Crippen LogP contribution in [0.1, 0.15) is 45.0 Å². The fraction of sp³-hybridized carbons (Fsp3) is 0.500. The van der Waals surface area contributed by atoms with E-state index in [9.17, 15) is 19.7 Å². The molecule has 24 heavy (non-hydrogen) atoms. The first-order valence-electron chi connectivity index (χ1n) is 7.49. The van der Waals surface area contributed by atoms with Crippen LogP contribution in [-0.4, -0.2) is 35.0 Å². The zero-order valence-corrected chi connectivity index (χ0v) is 14.4. The molecule has 0 aromatic heterocycles. The molecule has 1 aromatic carbocycles. The topological polar surface area (TPSA) is 108 Å². The zero-order chi connectivity index (χ0) is 18.5. The molecule has 0 radical (unpaired) electrons. The maximum atomic E-state index is 12.1. The number of benzene rings is 1. The predicted molar refractivity (Wildman–Crippen MR) is 87.0 cm³/mol. The number of nitro groups is 1. The smallest absolute Gasteiger partial charge is 0.339 e. The van der Waals surface area contributed by atoms with Crippen LogP contribution in [0, 0.1) is 10.1 Å².